The highest BCUT2D eigenvalue weighted by molar-refractivity contribution is 5.88. The summed E-state index contributed by atoms with van der Waals surface area (Å²) in [6, 6.07) is -0.874. The summed E-state index contributed by atoms with van der Waals surface area (Å²) >= 11 is 0. The maximum absolute atomic E-state index is 13.3. The summed E-state index contributed by atoms with van der Waals surface area (Å²) < 4.78 is 10.5. The van der Waals surface area contributed by atoms with E-state index < -0.39 is 54.1 Å². The van der Waals surface area contributed by atoms with E-state index in [-0.39, 0.29) is 5.91 Å². The Kier molecular flexibility index (Phi) is 14.5. The highest BCUT2D eigenvalue weighted by Crippen LogP contribution is 2.26. The number of rotatable bonds is 16. The van der Waals surface area contributed by atoms with Crippen molar-refractivity contribution in [2.45, 2.75) is 124 Å². The van der Waals surface area contributed by atoms with Crippen LogP contribution in [-0.4, -0.2) is 69.8 Å². The second-order valence-electron chi connectivity index (χ2n) is 10.2. The van der Waals surface area contributed by atoms with Gasteiger partial charge in [0.1, 0.15) is 6.04 Å². The molecule has 0 bridgehead atoms. The van der Waals surface area contributed by atoms with E-state index in [9.17, 15) is 24.3 Å². The predicted molar refractivity (Wildman–Crippen MR) is 140 cm³/mol. The molecule has 0 aromatic rings. The monoisotopic (exact) mass is 525 g/mol. The second-order valence-corrected chi connectivity index (χ2v) is 10.2. The maximum atomic E-state index is 13.3. The number of ether oxygens (including phenoxy) is 2. The summed E-state index contributed by atoms with van der Waals surface area (Å²) in [5.74, 6) is -4.44. The molecule has 1 rings (SSSR count). The van der Waals surface area contributed by atoms with E-state index in [4.69, 9.17) is 14.6 Å². The van der Waals surface area contributed by atoms with Gasteiger partial charge in [-0.05, 0) is 51.5 Å². The molecule has 0 aromatic heterocycles. The highest BCUT2D eigenvalue weighted by atomic mass is 16.6. The van der Waals surface area contributed by atoms with Crippen molar-refractivity contribution in [1.82, 2.24) is 4.90 Å². The van der Waals surface area contributed by atoms with Crippen molar-refractivity contribution in [3.05, 3.63) is 11.6 Å². The smallest absolute Gasteiger partial charge is 0.348 e. The average molecular weight is 526 g/mol. The first-order valence-electron chi connectivity index (χ1n) is 13.7. The molecule has 9 nitrogen and oxygen atoms in total. The van der Waals surface area contributed by atoms with Crippen LogP contribution in [0.1, 0.15) is 99.3 Å². The first-order chi connectivity index (χ1) is 17.5. The number of aliphatic carboxylic acids is 1. The molecule has 6 atom stereocenters. The van der Waals surface area contributed by atoms with Gasteiger partial charge >= 0.3 is 17.9 Å². The molecule has 0 aliphatic carbocycles. The normalized spacial score (nSPS) is 20.0. The first kappa shape index (κ1) is 32.6. The van der Waals surface area contributed by atoms with Gasteiger partial charge in [-0.3, -0.25) is 4.79 Å². The zero-order valence-corrected chi connectivity index (χ0v) is 23.4. The molecule has 212 valence electrons. The van der Waals surface area contributed by atoms with Crippen LogP contribution in [0, 0.1) is 11.8 Å². The minimum Gasteiger partial charge on any atom is -0.479 e. The van der Waals surface area contributed by atoms with Gasteiger partial charge < -0.3 is 24.6 Å². The maximum Gasteiger partial charge on any atom is 0.348 e. The minimum atomic E-state index is -1.38. The van der Waals surface area contributed by atoms with Gasteiger partial charge in [-0.1, -0.05) is 59.5 Å². The molecule has 1 aliphatic heterocycles. The standard InChI is InChI=1S/C28H47NO8/c1-7-9-10-11-12-13-15-19(4)23(30)20(5)25(31)29-17-14-16-22(29)27(34)37-24(18(3)8-2)28(35)36-21(6)26(32)33/h15,18,20-24,30H,7-14,16-17H2,1-6H3,(H,32,33)/b19-15+/t18-,20+,21-,22-,23+,24+/m0/s1. The summed E-state index contributed by atoms with van der Waals surface area (Å²) in [5, 5.41) is 19.8. The Balaban J connectivity index is 2.83. The summed E-state index contributed by atoms with van der Waals surface area (Å²) in [6.45, 7) is 10.7. The van der Waals surface area contributed by atoms with Crippen molar-refractivity contribution < 1.29 is 38.9 Å². The fraction of sp³-hybridized carbons (Fsp3) is 0.786. The van der Waals surface area contributed by atoms with Gasteiger partial charge in [0.2, 0.25) is 12.0 Å². The summed E-state index contributed by atoms with van der Waals surface area (Å²) in [6.07, 6.45) is 6.47. The molecule has 1 aliphatic rings. The third-order valence-corrected chi connectivity index (χ3v) is 7.19. The molecule has 0 radical (unpaired) electrons. The van der Waals surface area contributed by atoms with Gasteiger partial charge in [0.05, 0.1) is 12.0 Å². The van der Waals surface area contributed by atoms with E-state index in [2.05, 4.69) is 6.92 Å². The predicted octanol–water partition coefficient (Wildman–Crippen LogP) is 4.26. The number of nitrogens with zero attached hydrogens (tertiary/aromatic N) is 1. The molecular weight excluding hydrogens is 478 g/mol. The Morgan fingerprint density at radius 2 is 1.68 bits per heavy atom. The van der Waals surface area contributed by atoms with E-state index in [1.54, 1.807) is 13.8 Å². The number of esters is 2. The van der Waals surface area contributed by atoms with Gasteiger partial charge in [-0.25, -0.2) is 14.4 Å². The van der Waals surface area contributed by atoms with Crippen LogP contribution in [0.5, 0.6) is 0 Å². The van der Waals surface area contributed by atoms with E-state index in [1.165, 1.54) is 31.1 Å². The molecule has 1 saturated heterocycles. The lowest BCUT2D eigenvalue weighted by atomic mass is 9.95. The van der Waals surface area contributed by atoms with Crippen molar-refractivity contribution in [2.24, 2.45) is 11.8 Å². The minimum absolute atomic E-state index is 0.343. The molecule has 37 heavy (non-hydrogen) atoms. The molecule has 1 heterocycles. The van der Waals surface area contributed by atoms with Crippen molar-refractivity contribution in [3.63, 3.8) is 0 Å². The summed E-state index contributed by atoms with van der Waals surface area (Å²) in [5.41, 5.74) is 0.738. The number of amides is 1. The number of hydrogen-bond donors (Lipinski definition) is 2. The third kappa shape index (κ3) is 10.1. The van der Waals surface area contributed by atoms with Gasteiger partial charge in [-0.2, -0.15) is 0 Å². The van der Waals surface area contributed by atoms with E-state index in [0.29, 0.717) is 25.8 Å². The molecule has 9 heteroatoms. The van der Waals surface area contributed by atoms with Crippen LogP contribution < -0.4 is 0 Å². The van der Waals surface area contributed by atoms with E-state index in [1.807, 2.05) is 19.9 Å². The fourth-order valence-electron chi connectivity index (χ4n) is 4.37. The number of carboxylic acid groups (broad SMARTS) is 1. The van der Waals surface area contributed by atoms with Crippen LogP contribution in [0.15, 0.2) is 11.6 Å². The molecule has 0 saturated carbocycles. The lowest BCUT2D eigenvalue weighted by Crippen LogP contribution is -2.48. The quantitative estimate of drug-likeness (QED) is 0.174. The molecule has 0 aromatic carbocycles. The van der Waals surface area contributed by atoms with Crippen LogP contribution in [0.25, 0.3) is 0 Å². The van der Waals surface area contributed by atoms with Gasteiger partial charge in [-0.15, -0.1) is 0 Å². The third-order valence-electron chi connectivity index (χ3n) is 7.19. The van der Waals surface area contributed by atoms with Crippen LogP contribution >= 0.6 is 0 Å². The topological polar surface area (TPSA) is 130 Å². The number of likely N-dealkylation sites (tertiary alicyclic amines) is 1. The van der Waals surface area contributed by atoms with Crippen molar-refractivity contribution >= 4 is 23.8 Å². The molecule has 1 amide bonds. The van der Waals surface area contributed by atoms with Crippen molar-refractivity contribution in [2.75, 3.05) is 6.54 Å². The van der Waals surface area contributed by atoms with Crippen LogP contribution in [0.4, 0.5) is 0 Å². The number of hydrogen-bond acceptors (Lipinski definition) is 7. The number of carbonyl (C=O) groups excluding carboxylic acids is 3. The van der Waals surface area contributed by atoms with Crippen LogP contribution in [0.3, 0.4) is 0 Å². The number of allylic oxidation sites excluding steroid dienone is 1. The molecule has 2 N–H and O–H groups in total. The van der Waals surface area contributed by atoms with E-state index >= 15 is 0 Å². The Bertz CT molecular complexity index is 795. The van der Waals surface area contributed by atoms with Gasteiger partial charge in [0, 0.05) is 12.5 Å². The highest BCUT2D eigenvalue weighted by Gasteiger charge is 2.41. The molecule has 0 unspecified atom stereocenters. The van der Waals surface area contributed by atoms with Crippen LogP contribution in [-0.2, 0) is 28.7 Å². The second kappa shape index (κ2) is 16.4. The Morgan fingerprint density at radius 3 is 2.27 bits per heavy atom. The zero-order chi connectivity index (χ0) is 28.1. The lowest BCUT2D eigenvalue weighted by molar-refractivity contribution is -0.181. The Hall–Kier alpha value is -2.42. The lowest BCUT2D eigenvalue weighted by Gasteiger charge is -2.30. The number of carbonyl (C=O) groups is 4. The number of unbranched alkanes of at least 4 members (excludes halogenated alkanes) is 5. The zero-order valence-electron chi connectivity index (χ0n) is 23.4. The molecular formula is C28H47NO8. The van der Waals surface area contributed by atoms with Crippen molar-refractivity contribution in [3.8, 4) is 0 Å². The van der Waals surface area contributed by atoms with E-state index in [0.717, 1.165) is 24.8 Å². The first-order valence-corrected chi connectivity index (χ1v) is 13.7. The Morgan fingerprint density at radius 1 is 1.03 bits per heavy atom. The van der Waals surface area contributed by atoms with Crippen LogP contribution in [0.2, 0.25) is 0 Å². The largest absolute Gasteiger partial charge is 0.479 e. The fourth-order valence-corrected chi connectivity index (χ4v) is 4.37. The van der Waals surface area contributed by atoms with Crippen molar-refractivity contribution in [1.29, 1.82) is 0 Å². The Labute approximate surface area is 221 Å². The SMILES string of the molecule is CCCCCCC/C=C(\C)[C@@H](O)[C@@H](C)C(=O)N1CCC[C@H]1C(=O)O[C@@H](C(=O)O[C@@H](C)C(=O)O)[C@@H](C)CC. The molecule has 0 spiro atoms. The number of aliphatic hydroxyl groups excluding tert-OH is 1. The van der Waals surface area contributed by atoms with Gasteiger partial charge in [0.15, 0.2) is 6.10 Å². The summed E-state index contributed by atoms with van der Waals surface area (Å²) in [7, 11) is 0. The van der Waals surface area contributed by atoms with Gasteiger partial charge in [0.25, 0.3) is 0 Å². The summed E-state index contributed by atoms with van der Waals surface area (Å²) in [4.78, 5) is 51.4. The number of aliphatic hydroxyl groups is 1. The average Bonchev–Trinajstić information content (AvgIpc) is 3.37. The number of carboxylic acids is 1. The molecule has 1 fully saturated rings.